The fourth-order valence-electron chi connectivity index (χ4n) is 4.49. The molecule has 1 heterocycles. The number of non-ortho nitro benzene ring substituents is 1. The molecule has 6 heteroatoms. The number of carbonyl (C=O) groups is 1. The summed E-state index contributed by atoms with van der Waals surface area (Å²) in [5.74, 6) is -0.944. The molecule has 1 aliphatic rings. The average Bonchev–Trinajstić information content (AvgIpc) is 2.76. The van der Waals surface area contributed by atoms with Gasteiger partial charge in [0.05, 0.1) is 10.5 Å². The van der Waals surface area contributed by atoms with Crippen molar-refractivity contribution in [2.45, 2.75) is 63.9 Å². The van der Waals surface area contributed by atoms with E-state index in [2.05, 4.69) is 0 Å². The number of hydrogen-bond donors (Lipinski definition) is 1. The number of aliphatic hydroxyl groups excluding tert-OH is 1. The molecule has 0 amide bonds. The summed E-state index contributed by atoms with van der Waals surface area (Å²) < 4.78 is 6.01. The number of nitrogens with zero attached hydrogens (tertiary/aromatic N) is 1. The number of esters is 1. The summed E-state index contributed by atoms with van der Waals surface area (Å²) in [5, 5.41) is 22.2. The van der Waals surface area contributed by atoms with Gasteiger partial charge >= 0.3 is 5.97 Å². The van der Waals surface area contributed by atoms with Gasteiger partial charge in [-0.05, 0) is 36.8 Å². The molecule has 0 unspecified atom stereocenters. The largest absolute Gasteiger partial charge is 0.512 e. The number of nitro benzene ring substituents is 1. The lowest BCUT2D eigenvalue weighted by Gasteiger charge is -2.38. The van der Waals surface area contributed by atoms with Crippen LogP contribution in [0.1, 0.15) is 63.0 Å². The third-order valence-corrected chi connectivity index (χ3v) is 5.99. The van der Waals surface area contributed by atoms with E-state index >= 15 is 0 Å². The fraction of sp³-hybridized carbons (Fsp3) is 0.400. The Morgan fingerprint density at radius 3 is 2.48 bits per heavy atom. The number of aliphatic hydroxyl groups is 1. The van der Waals surface area contributed by atoms with E-state index in [0.29, 0.717) is 24.8 Å². The first-order chi connectivity index (χ1) is 14.9. The molecule has 0 radical (unpaired) electrons. The van der Waals surface area contributed by atoms with Crippen LogP contribution in [0.5, 0.6) is 0 Å². The number of rotatable bonds is 9. The second-order valence-corrected chi connectivity index (χ2v) is 8.16. The van der Waals surface area contributed by atoms with Crippen LogP contribution in [-0.2, 0) is 16.0 Å². The normalized spacial score (nSPS) is 19.7. The van der Waals surface area contributed by atoms with E-state index in [0.717, 1.165) is 18.4 Å². The number of cyclic esters (lactones) is 1. The molecule has 164 valence electrons. The first-order valence-corrected chi connectivity index (χ1v) is 10.8. The van der Waals surface area contributed by atoms with E-state index < -0.39 is 22.4 Å². The second-order valence-electron chi connectivity index (χ2n) is 8.16. The van der Waals surface area contributed by atoms with E-state index in [1.807, 2.05) is 44.2 Å². The minimum absolute atomic E-state index is 0.0381. The van der Waals surface area contributed by atoms with Gasteiger partial charge in [0.25, 0.3) is 5.69 Å². The lowest BCUT2D eigenvalue weighted by Crippen LogP contribution is -2.41. The maximum Gasteiger partial charge on any atom is 0.338 e. The number of benzene rings is 2. The van der Waals surface area contributed by atoms with Gasteiger partial charge in [0.1, 0.15) is 11.4 Å². The maximum atomic E-state index is 13.1. The summed E-state index contributed by atoms with van der Waals surface area (Å²) in [5.41, 5.74) is 1.22. The number of carbonyl (C=O) groups excluding carboxylic acids is 1. The maximum absolute atomic E-state index is 13.1. The molecule has 0 spiro atoms. The Hall–Kier alpha value is -3.15. The van der Waals surface area contributed by atoms with Crippen molar-refractivity contribution in [3.05, 3.63) is 87.2 Å². The molecule has 0 fully saturated rings. The number of nitro groups is 1. The van der Waals surface area contributed by atoms with Crippen molar-refractivity contribution < 1.29 is 19.6 Å². The molecule has 6 nitrogen and oxygen atoms in total. The van der Waals surface area contributed by atoms with Crippen LogP contribution >= 0.6 is 0 Å². The van der Waals surface area contributed by atoms with Crippen molar-refractivity contribution in [2.75, 3.05) is 0 Å². The van der Waals surface area contributed by atoms with Gasteiger partial charge in [0, 0.05) is 24.5 Å². The first kappa shape index (κ1) is 22.5. The van der Waals surface area contributed by atoms with E-state index in [-0.39, 0.29) is 23.4 Å². The average molecular weight is 424 g/mol. The van der Waals surface area contributed by atoms with Crippen LogP contribution in [0.2, 0.25) is 0 Å². The first-order valence-electron chi connectivity index (χ1n) is 10.8. The predicted molar refractivity (Wildman–Crippen MR) is 119 cm³/mol. The zero-order valence-electron chi connectivity index (χ0n) is 18.0. The van der Waals surface area contributed by atoms with Crippen LogP contribution in [0.4, 0.5) is 5.69 Å². The molecule has 2 aromatic rings. The van der Waals surface area contributed by atoms with Crippen LogP contribution in [0, 0.1) is 10.1 Å². The molecule has 1 aliphatic heterocycles. The Morgan fingerprint density at radius 1 is 1.13 bits per heavy atom. The Bertz CT molecular complexity index is 969. The molecule has 0 saturated heterocycles. The molecule has 3 rings (SSSR count). The molecular weight excluding hydrogens is 394 g/mol. The van der Waals surface area contributed by atoms with Gasteiger partial charge in [-0.3, -0.25) is 10.1 Å². The highest BCUT2D eigenvalue weighted by Crippen LogP contribution is 2.42. The van der Waals surface area contributed by atoms with E-state index in [9.17, 15) is 20.0 Å². The van der Waals surface area contributed by atoms with Crippen LogP contribution in [0.3, 0.4) is 0 Å². The highest BCUT2D eigenvalue weighted by molar-refractivity contribution is 5.92. The molecule has 2 aromatic carbocycles. The van der Waals surface area contributed by atoms with Gasteiger partial charge in [-0.1, -0.05) is 62.7 Å². The molecule has 31 heavy (non-hydrogen) atoms. The quantitative estimate of drug-likeness (QED) is 0.303. The third kappa shape index (κ3) is 5.13. The third-order valence-electron chi connectivity index (χ3n) is 5.99. The summed E-state index contributed by atoms with van der Waals surface area (Å²) in [4.78, 5) is 23.8. The van der Waals surface area contributed by atoms with Crippen molar-refractivity contribution in [3.8, 4) is 0 Å². The monoisotopic (exact) mass is 423 g/mol. The van der Waals surface area contributed by atoms with E-state index in [1.54, 1.807) is 12.1 Å². The zero-order valence-corrected chi connectivity index (χ0v) is 18.0. The van der Waals surface area contributed by atoms with Gasteiger partial charge in [-0.15, -0.1) is 0 Å². The molecule has 0 saturated carbocycles. The van der Waals surface area contributed by atoms with Crippen molar-refractivity contribution in [2.24, 2.45) is 0 Å². The Balaban J connectivity index is 1.89. The summed E-state index contributed by atoms with van der Waals surface area (Å²) >= 11 is 0. The van der Waals surface area contributed by atoms with Crippen LogP contribution in [-0.4, -0.2) is 21.6 Å². The van der Waals surface area contributed by atoms with Crippen LogP contribution in [0.15, 0.2) is 65.9 Å². The summed E-state index contributed by atoms with van der Waals surface area (Å²) in [7, 11) is 0. The van der Waals surface area contributed by atoms with Crippen LogP contribution < -0.4 is 0 Å². The Morgan fingerprint density at radius 2 is 1.87 bits per heavy atom. The van der Waals surface area contributed by atoms with Crippen molar-refractivity contribution in [1.82, 2.24) is 0 Å². The van der Waals surface area contributed by atoms with Crippen molar-refractivity contribution >= 4 is 11.7 Å². The van der Waals surface area contributed by atoms with Crippen molar-refractivity contribution in [3.63, 3.8) is 0 Å². The van der Waals surface area contributed by atoms with Gasteiger partial charge in [-0.25, -0.2) is 4.79 Å². The zero-order chi connectivity index (χ0) is 22.4. The summed E-state index contributed by atoms with van der Waals surface area (Å²) in [6, 6.07) is 16.2. The Kier molecular flexibility index (Phi) is 7.10. The summed E-state index contributed by atoms with van der Waals surface area (Å²) in [6.07, 6.45) is 3.64. The van der Waals surface area contributed by atoms with Gasteiger partial charge < -0.3 is 9.84 Å². The smallest absolute Gasteiger partial charge is 0.338 e. The van der Waals surface area contributed by atoms with E-state index in [1.165, 1.54) is 12.1 Å². The fourth-order valence-corrected chi connectivity index (χ4v) is 4.49. The number of aryl methyl sites for hydroxylation is 1. The SMILES string of the molecule is CCC[C@@]1(CCc2ccccc2)CC(O)=C([C@H](CC)c2cccc([N+](=O)[O-])c2)C(=O)O1. The summed E-state index contributed by atoms with van der Waals surface area (Å²) in [6.45, 7) is 3.92. The van der Waals surface area contributed by atoms with Crippen LogP contribution in [0.25, 0.3) is 0 Å². The van der Waals surface area contributed by atoms with Gasteiger partial charge in [0.15, 0.2) is 0 Å². The molecule has 0 bridgehead atoms. The highest BCUT2D eigenvalue weighted by atomic mass is 16.6. The van der Waals surface area contributed by atoms with Gasteiger partial charge in [-0.2, -0.15) is 0 Å². The molecular formula is C25H29NO5. The Labute approximate surface area is 182 Å². The minimum Gasteiger partial charge on any atom is -0.512 e. The molecule has 0 aromatic heterocycles. The lowest BCUT2D eigenvalue weighted by atomic mass is 9.80. The highest BCUT2D eigenvalue weighted by Gasteiger charge is 2.43. The van der Waals surface area contributed by atoms with Crippen molar-refractivity contribution in [1.29, 1.82) is 0 Å². The lowest BCUT2D eigenvalue weighted by molar-refractivity contribution is -0.384. The predicted octanol–water partition coefficient (Wildman–Crippen LogP) is 6.02. The molecule has 1 N–H and O–H groups in total. The van der Waals surface area contributed by atoms with Gasteiger partial charge in [0.2, 0.25) is 0 Å². The van der Waals surface area contributed by atoms with E-state index in [4.69, 9.17) is 4.74 Å². The minimum atomic E-state index is -0.740. The topological polar surface area (TPSA) is 89.7 Å². The second kappa shape index (κ2) is 9.77. The molecule has 0 aliphatic carbocycles. The number of hydrogen-bond acceptors (Lipinski definition) is 5. The standard InChI is InChI=1S/C25H29NO5/c1-3-14-25(15-13-18-9-6-5-7-10-18)17-22(27)23(24(28)31-25)21(4-2)19-11-8-12-20(16-19)26(29)30/h5-12,16,21,27H,3-4,13-15,17H2,1-2H3/t21-,25-/m1/s1. The molecule has 2 atom stereocenters. The number of ether oxygens (including phenoxy) is 1.